The zero-order chi connectivity index (χ0) is 22.5. The van der Waals surface area contributed by atoms with Gasteiger partial charge in [0.1, 0.15) is 0 Å². The Bertz CT molecular complexity index is 1160. The van der Waals surface area contributed by atoms with Crippen LogP contribution in [0.4, 0.5) is 32.3 Å². The number of carbonyl (C=O) groups excluding carboxylic acids is 2. The maximum Gasteiger partial charge on any atom is 0.323 e. The molecule has 11 heteroatoms. The van der Waals surface area contributed by atoms with Crippen molar-refractivity contribution in [2.24, 2.45) is 0 Å². The molecule has 0 saturated heterocycles. The quantitative estimate of drug-likeness (QED) is 0.280. The minimum absolute atomic E-state index is 0.208. The van der Waals surface area contributed by atoms with Gasteiger partial charge in [-0.15, -0.1) is 0 Å². The Kier molecular flexibility index (Phi) is 7.75. The summed E-state index contributed by atoms with van der Waals surface area (Å²) in [4.78, 5) is 24.4. The topological polar surface area (TPSA) is 82.3 Å². The lowest BCUT2D eigenvalue weighted by Gasteiger charge is -2.12. The summed E-state index contributed by atoms with van der Waals surface area (Å²) in [6.07, 6.45) is 0. The average molecular weight is 519 g/mol. The number of rotatable bonds is 4. The summed E-state index contributed by atoms with van der Waals surface area (Å²) in [5.74, 6) is 0. The van der Waals surface area contributed by atoms with Crippen LogP contribution in [0.3, 0.4) is 0 Å². The summed E-state index contributed by atoms with van der Waals surface area (Å²) in [6.45, 7) is 0. The van der Waals surface area contributed by atoms with Gasteiger partial charge in [0.05, 0.1) is 32.1 Å². The lowest BCUT2D eigenvalue weighted by molar-refractivity contribution is 0.261. The third-order valence-corrected chi connectivity index (χ3v) is 5.24. The maximum atomic E-state index is 12.2. The highest BCUT2D eigenvalue weighted by molar-refractivity contribution is 6.37. The fraction of sp³-hybridized carbons (Fsp3) is 0. The number of nitrogens with one attached hydrogen (secondary N) is 4. The highest BCUT2D eigenvalue weighted by Crippen LogP contribution is 2.29. The molecule has 6 nitrogen and oxygen atoms in total. The minimum atomic E-state index is -0.554. The van der Waals surface area contributed by atoms with Gasteiger partial charge in [-0.25, -0.2) is 9.59 Å². The molecular weight excluding hydrogens is 506 g/mol. The Labute approximate surface area is 202 Å². The summed E-state index contributed by atoms with van der Waals surface area (Å²) in [7, 11) is 0. The zero-order valence-corrected chi connectivity index (χ0v) is 19.2. The van der Waals surface area contributed by atoms with Crippen molar-refractivity contribution >= 4 is 92.8 Å². The fourth-order valence-corrected chi connectivity index (χ4v) is 3.58. The minimum Gasteiger partial charge on any atom is -0.308 e. The molecule has 0 saturated carbocycles. The first-order valence-electron chi connectivity index (χ1n) is 8.57. The summed E-state index contributed by atoms with van der Waals surface area (Å²) in [5, 5.41) is 12.1. The van der Waals surface area contributed by atoms with E-state index in [1.165, 1.54) is 24.3 Å². The van der Waals surface area contributed by atoms with Gasteiger partial charge in [0.25, 0.3) is 0 Å². The number of halogens is 5. The Morgan fingerprint density at radius 1 is 0.516 bits per heavy atom. The van der Waals surface area contributed by atoms with Gasteiger partial charge in [0.15, 0.2) is 0 Å². The Morgan fingerprint density at radius 3 is 1.32 bits per heavy atom. The van der Waals surface area contributed by atoms with E-state index in [1.807, 2.05) is 0 Å². The first kappa shape index (κ1) is 23.3. The Balaban J connectivity index is 1.61. The molecule has 3 aromatic carbocycles. The third-order valence-electron chi connectivity index (χ3n) is 3.83. The van der Waals surface area contributed by atoms with E-state index in [0.717, 1.165) is 0 Å². The third kappa shape index (κ3) is 6.56. The molecule has 0 aliphatic rings. The van der Waals surface area contributed by atoms with Crippen molar-refractivity contribution in [2.75, 3.05) is 21.3 Å². The van der Waals surface area contributed by atoms with Gasteiger partial charge in [0.2, 0.25) is 0 Å². The van der Waals surface area contributed by atoms with Crippen molar-refractivity contribution in [3.8, 4) is 0 Å². The maximum absolute atomic E-state index is 12.2. The molecule has 0 aromatic heterocycles. The largest absolute Gasteiger partial charge is 0.323 e. The SMILES string of the molecule is O=C(Nc1ccc(NC(=O)Nc2ccc(Cl)cc2Cl)c(Cl)c1)Nc1ccc(Cl)cc1Cl. The number of amides is 4. The van der Waals surface area contributed by atoms with Crippen LogP contribution < -0.4 is 21.3 Å². The average Bonchev–Trinajstić information content (AvgIpc) is 2.68. The molecule has 0 unspecified atom stereocenters. The standard InChI is InChI=1S/C20H13Cl5N4O2/c21-10-1-4-16(13(23)7-10)27-19(30)26-12-3-6-18(15(25)9-12)29-20(31)28-17-5-2-11(22)8-14(17)24/h1-9H,(H2,26,27,30)(H2,28,29,31). The van der Waals surface area contributed by atoms with Crippen LogP contribution in [0, 0.1) is 0 Å². The van der Waals surface area contributed by atoms with Crippen LogP contribution >= 0.6 is 58.0 Å². The van der Waals surface area contributed by atoms with Gasteiger partial charge in [0, 0.05) is 15.7 Å². The van der Waals surface area contributed by atoms with E-state index in [0.29, 0.717) is 42.8 Å². The molecule has 0 radical (unpaired) electrons. The van der Waals surface area contributed by atoms with E-state index < -0.39 is 12.1 Å². The van der Waals surface area contributed by atoms with Crippen LogP contribution in [0.25, 0.3) is 0 Å². The van der Waals surface area contributed by atoms with E-state index in [2.05, 4.69) is 21.3 Å². The van der Waals surface area contributed by atoms with Gasteiger partial charge in [-0.05, 0) is 54.6 Å². The van der Waals surface area contributed by atoms with Crippen molar-refractivity contribution in [2.45, 2.75) is 0 Å². The fourth-order valence-electron chi connectivity index (χ4n) is 2.44. The number of urea groups is 2. The molecule has 0 spiro atoms. The lowest BCUT2D eigenvalue weighted by Crippen LogP contribution is -2.21. The van der Waals surface area contributed by atoms with E-state index in [1.54, 1.807) is 30.3 Å². The summed E-state index contributed by atoms with van der Waals surface area (Å²) >= 11 is 30.0. The molecule has 4 amide bonds. The van der Waals surface area contributed by atoms with Gasteiger partial charge >= 0.3 is 12.1 Å². The molecule has 31 heavy (non-hydrogen) atoms. The van der Waals surface area contributed by atoms with E-state index in [-0.39, 0.29) is 5.02 Å². The lowest BCUT2D eigenvalue weighted by atomic mass is 10.2. The molecule has 0 aliphatic carbocycles. The molecule has 3 rings (SSSR count). The van der Waals surface area contributed by atoms with Crippen molar-refractivity contribution in [1.82, 2.24) is 0 Å². The first-order valence-corrected chi connectivity index (χ1v) is 10.5. The monoisotopic (exact) mass is 516 g/mol. The Hall–Kier alpha value is -2.35. The molecule has 0 atom stereocenters. The van der Waals surface area contributed by atoms with Crippen LogP contribution in [0.5, 0.6) is 0 Å². The normalized spacial score (nSPS) is 10.4. The van der Waals surface area contributed by atoms with Crippen LogP contribution in [-0.4, -0.2) is 12.1 Å². The molecule has 3 aromatic rings. The summed E-state index contributed by atoms with van der Waals surface area (Å²) in [5.41, 5.74) is 1.51. The number of hydrogen-bond donors (Lipinski definition) is 4. The van der Waals surface area contributed by atoms with Crippen LogP contribution in [-0.2, 0) is 0 Å². The molecule has 4 N–H and O–H groups in total. The number of hydrogen-bond acceptors (Lipinski definition) is 2. The highest BCUT2D eigenvalue weighted by Gasteiger charge is 2.11. The second kappa shape index (κ2) is 10.3. The van der Waals surface area contributed by atoms with Crippen molar-refractivity contribution < 1.29 is 9.59 Å². The van der Waals surface area contributed by atoms with Crippen molar-refractivity contribution in [3.63, 3.8) is 0 Å². The second-order valence-electron chi connectivity index (χ2n) is 6.10. The molecule has 0 bridgehead atoms. The molecule has 0 aliphatic heterocycles. The van der Waals surface area contributed by atoms with Gasteiger partial charge in [-0.2, -0.15) is 0 Å². The smallest absolute Gasteiger partial charge is 0.308 e. The summed E-state index contributed by atoms with van der Waals surface area (Å²) < 4.78 is 0. The molecule has 0 fully saturated rings. The van der Waals surface area contributed by atoms with E-state index in [9.17, 15) is 9.59 Å². The predicted octanol–water partition coefficient (Wildman–Crippen LogP) is 8.24. The highest BCUT2D eigenvalue weighted by atomic mass is 35.5. The molecule has 0 heterocycles. The van der Waals surface area contributed by atoms with Crippen LogP contribution in [0.1, 0.15) is 0 Å². The van der Waals surface area contributed by atoms with E-state index in [4.69, 9.17) is 58.0 Å². The van der Waals surface area contributed by atoms with Crippen LogP contribution in [0.2, 0.25) is 25.1 Å². The number of benzene rings is 3. The second-order valence-corrected chi connectivity index (χ2v) is 8.20. The Morgan fingerprint density at radius 2 is 0.903 bits per heavy atom. The summed E-state index contributed by atoms with van der Waals surface area (Å²) in [6, 6.07) is 12.9. The van der Waals surface area contributed by atoms with E-state index >= 15 is 0 Å². The number of anilines is 4. The predicted molar refractivity (Wildman–Crippen MR) is 130 cm³/mol. The number of carbonyl (C=O) groups is 2. The van der Waals surface area contributed by atoms with Gasteiger partial charge < -0.3 is 21.3 Å². The van der Waals surface area contributed by atoms with Crippen molar-refractivity contribution in [3.05, 3.63) is 79.7 Å². The molecular formula is C20H13Cl5N4O2. The van der Waals surface area contributed by atoms with Gasteiger partial charge in [-0.1, -0.05) is 58.0 Å². The van der Waals surface area contributed by atoms with Gasteiger partial charge in [-0.3, -0.25) is 0 Å². The van der Waals surface area contributed by atoms with Crippen LogP contribution in [0.15, 0.2) is 54.6 Å². The molecule has 160 valence electrons. The zero-order valence-electron chi connectivity index (χ0n) is 15.4. The van der Waals surface area contributed by atoms with Crippen molar-refractivity contribution in [1.29, 1.82) is 0 Å². The first-order chi connectivity index (χ1) is 14.7.